The largest absolute Gasteiger partial charge is 0.278 e. The van der Waals surface area contributed by atoms with Gasteiger partial charge in [0.05, 0.1) is 14.2 Å². The number of hydroxylamine groups is 2. The molecule has 0 aromatic heterocycles. The van der Waals surface area contributed by atoms with Crippen LogP contribution >= 0.6 is 12.4 Å². The fraction of sp³-hybridized carbons (Fsp3) is 0.333. The quantitative estimate of drug-likeness (QED) is 0.691. The molecule has 0 amide bonds. The number of hydrogen-bond donors (Lipinski definition) is 0. The summed E-state index contributed by atoms with van der Waals surface area (Å²) in [4.78, 5) is 9.02. The Hall–Kier alpha value is -0.610. The zero-order valence-corrected chi connectivity index (χ0v) is 8.95. The Morgan fingerprint density at radius 2 is 1.00 bits per heavy atom. The summed E-state index contributed by atoms with van der Waals surface area (Å²) in [5.41, 5.74) is 0. The van der Waals surface area contributed by atoms with E-state index in [1.54, 1.807) is 7.05 Å². The minimum absolute atomic E-state index is 0. The third-order valence-corrected chi connectivity index (χ3v) is 1.18. The van der Waals surface area contributed by atoms with E-state index in [-0.39, 0.29) is 12.4 Å². The maximum atomic E-state index is 4.51. The second-order valence-electron chi connectivity index (χ2n) is 1.96. The molecule has 0 N–H and O–H groups in total. The average Bonchev–Trinajstić information content (AvgIpc) is 2.20. The molecule has 4 heteroatoms. The highest BCUT2D eigenvalue weighted by Crippen LogP contribution is 1.79. The van der Waals surface area contributed by atoms with E-state index in [1.165, 1.54) is 19.4 Å². The molecule has 0 aliphatic rings. The van der Waals surface area contributed by atoms with Crippen LogP contribution in [-0.4, -0.2) is 26.5 Å². The molecule has 1 aromatic carbocycles. The minimum Gasteiger partial charge on any atom is -0.278 e. The third kappa shape index (κ3) is 11.4. The molecule has 13 heavy (non-hydrogen) atoms. The molecule has 3 nitrogen and oxygen atoms in total. The number of rotatable bonds is 2. The highest BCUT2D eigenvalue weighted by Gasteiger charge is 1.81. The zero-order valence-electron chi connectivity index (χ0n) is 8.14. The summed E-state index contributed by atoms with van der Waals surface area (Å²) in [6.07, 6.45) is 0. The molecule has 0 atom stereocenters. The van der Waals surface area contributed by atoms with Crippen molar-refractivity contribution in [2.45, 2.75) is 0 Å². The van der Waals surface area contributed by atoms with Gasteiger partial charge in [-0.2, -0.15) is 0 Å². The van der Waals surface area contributed by atoms with Crippen LogP contribution < -0.4 is 0 Å². The van der Waals surface area contributed by atoms with E-state index >= 15 is 0 Å². The third-order valence-electron chi connectivity index (χ3n) is 1.18. The lowest BCUT2D eigenvalue weighted by Gasteiger charge is -2.06. The number of hydrogen-bond acceptors (Lipinski definition) is 3. The van der Waals surface area contributed by atoms with E-state index in [0.717, 1.165) is 0 Å². The normalized spacial score (nSPS) is 8.31. The van der Waals surface area contributed by atoms with Gasteiger partial charge in [0.25, 0.3) is 0 Å². The fourth-order valence-electron chi connectivity index (χ4n) is 0.459. The van der Waals surface area contributed by atoms with Crippen molar-refractivity contribution >= 4 is 12.4 Å². The molecule has 1 rings (SSSR count). The molecule has 0 bridgehead atoms. The van der Waals surface area contributed by atoms with E-state index < -0.39 is 0 Å². The van der Waals surface area contributed by atoms with Crippen LogP contribution in [0, 0.1) is 0 Å². The lowest BCUT2D eigenvalue weighted by molar-refractivity contribution is -0.325. The van der Waals surface area contributed by atoms with Crippen molar-refractivity contribution in [3.05, 3.63) is 36.4 Å². The molecule has 0 aliphatic heterocycles. The van der Waals surface area contributed by atoms with Crippen molar-refractivity contribution < 1.29 is 9.68 Å². The predicted octanol–water partition coefficient (Wildman–Crippen LogP) is 2.15. The van der Waals surface area contributed by atoms with Gasteiger partial charge in [-0.25, -0.2) is 0 Å². The second-order valence-corrected chi connectivity index (χ2v) is 1.96. The van der Waals surface area contributed by atoms with Crippen LogP contribution in [0.15, 0.2) is 36.4 Å². The molecule has 0 unspecified atom stereocenters. The molecular formula is C9H16ClNO2. The Morgan fingerprint density at radius 3 is 1.08 bits per heavy atom. The summed E-state index contributed by atoms with van der Waals surface area (Å²) in [5, 5.41) is 1.25. The first-order chi connectivity index (χ1) is 5.81. The molecule has 0 heterocycles. The summed E-state index contributed by atoms with van der Waals surface area (Å²) in [5.74, 6) is 0. The molecule has 76 valence electrons. The first-order valence-corrected chi connectivity index (χ1v) is 3.63. The van der Waals surface area contributed by atoms with Crippen LogP contribution in [0.1, 0.15) is 0 Å². The van der Waals surface area contributed by atoms with Crippen molar-refractivity contribution in [3.63, 3.8) is 0 Å². The lowest BCUT2D eigenvalue weighted by Crippen LogP contribution is -2.13. The Bertz CT molecular complexity index is 142. The number of benzene rings is 1. The van der Waals surface area contributed by atoms with Gasteiger partial charge in [-0.3, -0.25) is 9.68 Å². The summed E-state index contributed by atoms with van der Waals surface area (Å²) in [6.45, 7) is 0. The Morgan fingerprint density at radius 1 is 0.769 bits per heavy atom. The van der Waals surface area contributed by atoms with E-state index in [1.807, 2.05) is 36.4 Å². The summed E-state index contributed by atoms with van der Waals surface area (Å²) in [6, 6.07) is 12.0. The van der Waals surface area contributed by atoms with Crippen molar-refractivity contribution in [2.24, 2.45) is 0 Å². The molecule has 1 aromatic rings. The monoisotopic (exact) mass is 205 g/mol. The SMILES string of the molecule is CON(C)OC.Cl.c1ccccc1. The van der Waals surface area contributed by atoms with Gasteiger partial charge in [-0.15, -0.1) is 12.4 Å². The van der Waals surface area contributed by atoms with Crippen molar-refractivity contribution in [1.82, 2.24) is 5.23 Å². The maximum Gasteiger partial charge on any atom is 0.0601 e. The summed E-state index contributed by atoms with van der Waals surface area (Å²) >= 11 is 0. The molecule has 0 fully saturated rings. The van der Waals surface area contributed by atoms with Gasteiger partial charge in [0.2, 0.25) is 0 Å². The van der Waals surface area contributed by atoms with Crippen LogP contribution in [0.25, 0.3) is 0 Å². The Kier molecular flexibility index (Phi) is 13.0. The molecule has 0 radical (unpaired) electrons. The number of halogens is 1. The van der Waals surface area contributed by atoms with Crippen LogP contribution in [0.2, 0.25) is 0 Å². The molecule has 0 saturated carbocycles. The van der Waals surface area contributed by atoms with Crippen LogP contribution in [0.5, 0.6) is 0 Å². The standard InChI is InChI=1S/C6H6.C3H9NO2.ClH/c1-2-4-6-5-3-1;1-4(5-2)6-3;/h1-6H;1-3H3;1H. The van der Waals surface area contributed by atoms with Crippen LogP contribution in [0.3, 0.4) is 0 Å². The summed E-state index contributed by atoms with van der Waals surface area (Å²) < 4.78 is 0. The topological polar surface area (TPSA) is 21.7 Å². The van der Waals surface area contributed by atoms with Gasteiger partial charge in [-0.1, -0.05) is 41.6 Å². The maximum absolute atomic E-state index is 4.51. The van der Waals surface area contributed by atoms with E-state index in [2.05, 4.69) is 9.68 Å². The molecule has 0 saturated heterocycles. The minimum atomic E-state index is 0. The van der Waals surface area contributed by atoms with Gasteiger partial charge >= 0.3 is 0 Å². The first kappa shape index (κ1) is 14.9. The summed E-state index contributed by atoms with van der Waals surface area (Å²) in [7, 11) is 4.73. The predicted molar refractivity (Wildman–Crippen MR) is 55.5 cm³/mol. The molecule has 0 spiro atoms. The van der Waals surface area contributed by atoms with Gasteiger partial charge in [0.1, 0.15) is 0 Å². The van der Waals surface area contributed by atoms with Gasteiger partial charge in [0, 0.05) is 7.05 Å². The average molecular weight is 206 g/mol. The number of nitrogens with zero attached hydrogens (tertiary/aromatic N) is 1. The van der Waals surface area contributed by atoms with Crippen LogP contribution in [-0.2, 0) is 9.68 Å². The van der Waals surface area contributed by atoms with E-state index in [0.29, 0.717) is 0 Å². The van der Waals surface area contributed by atoms with E-state index in [4.69, 9.17) is 0 Å². The van der Waals surface area contributed by atoms with Gasteiger partial charge in [-0.05, 0) is 0 Å². The fourth-order valence-corrected chi connectivity index (χ4v) is 0.459. The molecular weight excluding hydrogens is 190 g/mol. The Labute approximate surface area is 85.6 Å². The van der Waals surface area contributed by atoms with Crippen molar-refractivity contribution in [1.29, 1.82) is 0 Å². The highest BCUT2D eigenvalue weighted by molar-refractivity contribution is 5.85. The zero-order chi connectivity index (χ0) is 9.23. The van der Waals surface area contributed by atoms with Crippen molar-refractivity contribution in [2.75, 3.05) is 21.3 Å². The van der Waals surface area contributed by atoms with Gasteiger partial charge < -0.3 is 0 Å². The first-order valence-electron chi connectivity index (χ1n) is 3.63. The lowest BCUT2D eigenvalue weighted by atomic mass is 10.4. The Balaban J connectivity index is 0. The van der Waals surface area contributed by atoms with E-state index in [9.17, 15) is 0 Å². The second kappa shape index (κ2) is 11.4. The van der Waals surface area contributed by atoms with Gasteiger partial charge in [0.15, 0.2) is 0 Å². The highest BCUT2D eigenvalue weighted by atomic mass is 35.5. The van der Waals surface area contributed by atoms with Crippen molar-refractivity contribution in [3.8, 4) is 0 Å². The smallest absolute Gasteiger partial charge is 0.0601 e. The molecule has 0 aliphatic carbocycles. The van der Waals surface area contributed by atoms with Crippen LogP contribution in [0.4, 0.5) is 0 Å².